The minimum absolute atomic E-state index is 0.0162. The molecule has 9 nitrogen and oxygen atoms in total. The van der Waals surface area contributed by atoms with Crippen molar-refractivity contribution >= 4 is 23.4 Å². The van der Waals surface area contributed by atoms with Gasteiger partial charge in [0.1, 0.15) is 11.6 Å². The molecule has 0 saturated carbocycles. The fraction of sp³-hybridized carbons (Fsp3) is 0.136. The molecule has 33 heavy (non-hydrogen) atoms. The van der Waals surface area contributed by atoms with Crippen LogP contribution >= 0.6 is 11.8 Å². The molecular weight excluding hydrogens is 447 g/mol. The van der Waals surface area contributed by atoms with Crippen LogP contribution in [0.3, 0.4) is 0 Å². The quantitative estimate of drug-likeness (QED) is 0.359. The zero-order valence-corrected chi connectivity index (χ0v) is 18.3. The molecule has 0 aliphatic heterocycles. The summed E-state index contributed by atoms with van der Waals surface area (Å²) in [5.74, 6) is -0.274. The van der Waals surface area contributed by atoms with E-state index in [0.29, 0.717) is 22.4 Å². The summed E-state index contributed by atoms with van der Waals surface area (Å²) in [6.45, 7) is 1.95. The van der Waals surface area contributed by atoms with Gasteiger partial charge in [0.25, 0.3) is 5.56 Å². The molecular formula is C22H19FN6O3S. The molecule has 2 aromatic carbocycles. The van der Waals surface area contributed by atoms with Gasteiger partial charge in [0.2, 0.25) is 5.91 Å². The predicted octanol–water partition coefficient (Wildman–Crippen LogP) is 2.41. The lowest BCUT2D eigenvalue weighted by atomic mass is 10.2. The summed E-state index contributed by atoms with van der Waals surface area (Å²) in [5, 5.41) is 11.5. The van der Waals surface area contributed by atoms with Crippen molar-refractivity contribution in [1.82, 2.24) is 24.7 Å². The van der Waals surface area contributed by atoms with Crippen molar-refractivity contribution in [2.45, 2.75) is 18.5 Å². The topological polar surface area (TPSA) is 126 Å². The number of thioether (sulfide) groups is 1. The Labute approximate surface area is 191 Å². The molecule has 2 aromatic heterocycles. The Hall–Kier alpha value is -3.99. The van der Waals surface area contributed by atoms with E-state index in [1.165, 1.54) is 24.3 Å². The Kier molecular flexibility index (Phi) is 6.50. The molecule has 0 radical (unpaired) electrons. The lowest BCUT2D eigenvalue weighted by Gasteiger charge is -2.11. The highest BCUT2D eigenvalue weighted by Crippen LogP contribution is 2.24. The van der Waals surface area contributed by atoms with Gasteiger partial charge in [0, 0.05) is 29.6 Å². The van der Waals surface area contributed by atoms with E-state index >= 15 is 0 Å². The number of amides is 1. The van der Waals surface area contributed by atoms with Gasteiger partial charge in [0.15, 0.2) is 5.16 Å². The van der Waals surface area contributed by atoms with Gasteiger partial charge in [-0.05, 0) is 42.8 Å². The first-order valence-corrected chi connectivity index (χ1v) is 10.9. The van der Waals surface area contributed by atoms with Gasteiger partial charge in [-0.25, -0.2) is 9.18 Å². The SMILES string of the molecule is Cc1cccc(-n2c(Cc3cc(=O)[nH]c(=O)[nH]3)nnc2SCC(=O)Nc2cccc(F)c2)c1. The van der Waals surface area contributed by atoms with Crippen LogP contribution in [0.5, 0.6) is 0 Å². The van der Waals surface area contributed by atoms with Crippen LogP contribution in [0.25, 0.3) is 5.69 Å². The van der Waals surface area contributed by atoms with Crippen LogP contribution in [0.15, 0.2) is 69.3 Å². The highest BCUT2D eigenvalue weighted by Gasteiger charge is 2.17. The van der Waals surface area contributed by atoms with Gasteiger partial charge in [-0.3, -0.25) is 19.1 Å². The molecule has 0 saturated heterocycles. The first kappa shape index (κ1) is 22.2. The molecule has 2 heterocycles. The number of nitrogens with zero attached hydrogens (tertiary/aromatic N) is 3. The number of hydrogen-bond donors (Lipinski definition) is 3. The number of aryl methyl sites for hydroxylation is 1. The highest BCUT2D eigenvalue weighted by molar-refractivity contribution is 7.99. The van der Waals surface area contributed by atoms with Gasteiger partial charge >= 0.3 is 5.69 Å². The number of H-pyrrole nitrogens is 2. The largest absolute Gasteiger partial charge is 0.325 e. The van der Waals surface area contributed by atoms with Gasteiger partial charge in [-0.15, -0.1) is 10.2 Å². The zero-order valence-electron chi connectivity index (χ0n) is 17.5. The number of nitrogens with one attached hydrogen (secondary N) is 3. The number of hydrogen-bond acceptors (Lipinski definition) is 6. The van der Waals surface area contributed by atoms with Crippen LogP contribution in [0.2, 0.25) is 0 Å². The molecule has 11 heteroatoms. The molecule has 0 fully saturated rings. The zero-order chi connectivity index (χ0) is 23.4. The van der Waals surface area contributed by atoms with E-state index in [4.69, 9.17) is 0 Å². The first-order chi connectivity index (χ1) is 15.9. The van der Waals surface area contributed by atoms with E-state index in [9.17, 15) is 18.8 Å². The first-order valence-electron chi connectivity index (χ1n) is 9.89. The van der Waals surface area contributed by atoms with Crippen LogP contribution in [-0.4, -0.2) is 36.4 Å². The number of carbonyl (C=O) groups excluding carboxylic acids is 1. The van der Waals surface area contributed by atoms with Crippen molar-refractivity contribution < 1.29 is 9.18 Å². The second kappa shape index (κ2) is 9.65. The maximum absolute atomic E-state index is 13.4. The van der Waals surface area contributed by atoms with Gasteiger partial charge in [-0.2, -0.15) is 0 Å². The van der Waals surface area contributed by atoms with E-state index in [0.717, 1.165) is 23.0 Å². The summed E-state index contributed by atoms with van der Waals surface area (Å²) >= 11 is 1.16. The van der Waals surface area contributed by atoms with Crippen molar-refractivity contribution in [3.8, 4) is 5.69 Å². The van der Waals surface area contributed by atoms with E-state index < -0.39 is 17.1 Å². The monoisotopic (exact) mass is 466 g/mol. The molecule has 0 atom stereocenters. The molecule has 3 N–H and O–H groups in total. The molecule has 4 aromatic rings. The van der Waals surface area contributed by atoms with Gasteiger partial charge in [-0.1, -0.05) is 30.0 Å². The van der Waals surface area contributed by atoms with E-state index in [1.807, 2.05) is 31.2 Å². The lowest BCUT2D eigenvalue weighted by Crippen LogP contribution is -2.23. The number of halogens is 1. The van der Waals surface area contributed by atoms with Crippen molar-refractivity contribution in [1.29, 1.82) is 0 Å². The number of carbonyl (C=O) groups is 1. The molecule has 168 valence electrons. The predicted molar refractivity (Wildman–Crippen MR) is 122 cm³/mol. The summed E-state index contributed by atoms with van der Waals surface area (Å²) in [6.07, 6.45) is 0.149. The average Bonchev–Trinajstić information content (AvgIpc) is 3.14. The Bertz CT molecular complexity index is 1400. The minimum atomic E-state index is -0.609. The fourth-order valence-electron chi connectivity index (χ4n) is 3.21. The van der Waals surface area contributed by atoms with E-state index in [-0.39, 0.29) is 18.1 Å². The van der Waals surface area contributed by atoms with Gasteiger partial charge in [0.05, 0.1) is 5.75 Å². The third kappa shape index (κ3) is 5.63. The molecule has 0 aliphatic carbocycles. The van der Waals surface area contributed by atoms with Crippen LogP contribution in [0, 0.1) is 12.7 Å². The van der Waals surface area contributed by atoms with Crippen LogP contribution < -0.4 is 16.6 Å². The number of aromatic nitrogens is 5. The molecule has 0 bridgehead atoms. The number of benzene rings is 2. The number of aromatic amines is 2. The van der Waals surface area contributed by atoms with Crippen molar-refractivity contribution in [2.75, 3.05) is 11.1 Å². The molecule has 1 amide bonds. The second-order valence-electron chi connectivity index (χ2n) is 7.21. The maximum Gasteiger partial charge on any atom is 0.325 e. The van der Waals surface area contributed by atoms with Crippen molar-refractivity contribution in [2.24, 2.45) is 0 Å². The maximum atomic E-state index is 13.4. The lowest BCUT2D eigenvalue weighted by molar-refractivity contribution is -0.113. The average molecular weight is 466 g/mol. The normalized spacial score (nSPS) is 10.8. The number of anilines is 1. The Morgan fingerprint density at radius 1 is 1.09 bits per heavy atom. The van der Waals surface area contributed by atoms with Crippen LogP contribution in [0.1, 0.15) is 17.1 Å². The highest BCUT2D eigenvalue weighted by atomic mass is 32.2. The Morgan fingerprint density at radius 2 is 1.91 bits per heavy atom. The summed E-state index contributed by atoms with van der Waals surface area (Å²) in [7, 11) is 0. The van der Waals surface area contributed by atoms with Gasteiger partial charge < -0.3 is 10.3 Å². The van der Waals surface area contributed by atoms with Crippen LogP contribution in [-0.2, 0) is 11.2 Å². The van der Waals surface area contributed by atoms with Crippen molar-refractivity contribution in [3.05, 3.63) is 98.3 Å². The standard InChI is InChI=1S/C22H19FN6O3S/c1-13-4-2-7-17(8-13)29-18(10-16-11-19(30)26-21(32)25-16)27-28-22(29)33-12-20(31)24-15-6-3-5-14(23)9-15/h2-9,11H,10,12H2,1H3,(H,24,31)(H2,25,26,30,32). The van der Waals surface area contributed by atoms with E-state index in [1.54, 1.807) is 10.6 Å². The smallest absolute Gasteiger partial charge is 0.325 e. The summed E-state index contributed by atoms with van der Waals surface area (Å²) in [5.41, 5.74) is 1.40. The van der Waals surface area contributed by atoms with E-state index in [2.05, 4.69) is 25.5 Å². The Morgan fingerprint density at radius 3 is 2.67 bits per heavy atom. The molecule has 4 rings (SSSR count). The summed E-state index contributed by atoms with van der Waals surface area (Å²) in [6, 6.07) is 14.6. The molecule has 0 spiro atoms. The minimum Gasteiger partial charge on any atom is -0.325 e. The molecule has 0 aliphatic rings. The second-order valence-corrected chi connectivity index (χ2v) is 8.15. The van der Waals surface area contributed by atoms with Crippen molar-refractivity contribution in [3.63, 3.8) is 0 Å². The molecule has 0 unspecified atom stereocenters. The Balaban J connectivity index is 1.60. The third-order valence-electron chi connectivity index (χ3n) is 4.57. The fourth-order valence-corrected chi connectivity index (χ4v) is 3.98. The summed E-state index contributed by atoms with van der Waals surface area (Å²) in [4.78, 5) is 40.4. The summed E-state index contributed by atoms with van der Waals surface area (Å²) < 4.78 is 15.1. The third-order valence-corrected chi connectivity index (χ3v) is 5.49. The van der Waals surface area contributed by atoms with Crippen LogP contribution in [0.4, 0.5) is 10.1 Å². The number of rotatable bonds is 7.